The number of thioether (sulfide) groups is 2. The highest BCUT2D eigenvalue weighted by molar-refractivity contribution is 8.26. The summed E-state index contributed by atoms with van der Waals surface area (Å²) in [6, 6.07) is 0. The number of thiocarbonyl (C=S) groups is 1. The summed E-state index contributed by atoms with van der Waals surface area (Å²) in [4.78, 5) is 26.3. The zero-order valence-corrected chi connectivity index (χ0v) is 16.2. The van der Waals surface area contributed by atoms with Gasteiger partial charge >= 0.3 is 5.97 Å². The first-order valence-electron chi connectivity index (χ1n) is 7.18. The lowest BCUT2D eigenvalue weighted by atomic mass is 10.4. The minimum atomic E-state index is -3.97. The van der Waals surface area contributed by atoms with Gasteiger partial charge in [0.2, 0.25) is 0 Å². The Balaban J connectivity index is 2.01. The van der Waals surface area contributed by atoms with E-state index in [0.717, 1.165) is 34.0 Å². The summed E-state index contributed by atoms with van der Waals surface area (Å²) in [5.41, 5.74) is 0. The molecule has 0 radical (unpaired) electrons. The van der Waals surface area contributed by atoms with Crippen LogP contribution in [-0.2, 0) is 19.7 Å². The number of carbonyl (C=O) groups excluding carboxylic acids is 1. The smallest absolute Gasteiger partial charge is 0.323 e. The van der Waals surface area contributed by atoms with Gasteiger partial charge in [-0.15, -0.1) is 11.8 Å². The first-order chi connectivity index (χ1) is 11.7. The number of hydrogen-bond acceptors (Lipinski definition) is 8. The average Bonchev–Trinajstić information content (AvgIpc) is 3.03. The van der Waals surface area contributed by atoms with Crippen LogP contribution in [0.5, 0.6) is 0 Å². The Labute approximate surface area is 159 Å². The van der Waals surface area contributed by atoms with Crippen molar-refractivity contribution in [2.75, 3.05) is 31.1 Å². The molecule has 2 heterocycles. The summed E-state index contributed by atoms with van der Waals surface area (Å²) < 4.78 is 30.5. The van der Waals surface area contributed by atoms with Crippen LogP contribution in [0.4, 0.5) is 0 Å². The topological polar surface area (TPSA) is 115 Å². The van der Waals surface area contributed by atoms with Crippen LogP contribution >= 0.6 is 35.7 Å². The van der Waals surface area contributed by atoms with E-state index in [0.29, 0.717) is 17.9 Å². The van der Waals surface area contributed by atoms with Gasteiger partial charge in [-0.1, -0.05) is 24.0 Å². The van der Waals surface area contributed by atoms with Crippen molar-refractivity contribution in [1.29, 1.82) is 0 Å². The zero-order valence-electron chi connectivity index (χ0n) is 13.0. The van der Waals surface area contributed by atoms with Crippen molar-refractivity contribution in [3.05, 3.63) is 22.1 Å². The lowest BCUT2D eigenvalue weighted by Crippen LogP contribution is -2.33. The first-order valence-corrected chi connectivity index (χ1v) is 11.0. The molecule has 2 rings (SSSR count). The zero-order chi connectivity index (χ0) is 18.6. The number of nitrogens with zero attached hydrogens (tertiary/aromatic N) is 2. The molecular weight excluding hydrogens is 408 g/mol. The molecule has 0 spiro atoms. The second-order valence-electron chi connectivity index (χ2n) is 5.16. The van der Waals surface area contributed by atoms with Crippen LogP contribution in [-0.4, -0.2) is 75.2 Å². The van der Waals surface area contributed by atoms with E-state index in [4.69, 9.17) is 21.9 Å². The van der Waals surface area contributed by atoms with E-state index in [1.807, 2.05) is 4.90 Å². The van der Waals surface area contributed by atoms with Gasteiger partial charge in [0.25, 0.3) is 16.0 Å². The summed E-state index contributed by atoms with van der Waals surface area (Å²) in [7, 11) is -3.97. The van der Waals surface area contributed by atoms with Gasteiger partial charge in [-0.25, -0.2) is 0 Å². The fourth-order valence-corrected chi connectivity index (χ4v) is 4.95. The number of rotatable bonds is 7. The molecule has 0 aromatic rings. The minimum Gasteiger partial charge on any atom is -0.480 e. The Kier molecular flexibility index (Phi) is 6.91. The van der Waals surface area contributed by atoms with Crippen molar-refractivity contribution < 1.29 is 27.7 Å². The number of hydrogen-bond donors (Lipinski definition) is 2. The normalized spacial score (nSPS) is 21.8. The first kappa shape index (κ1) is 20.2. The molecule has 2 fully saturated rings. The van der Waals surface area contributed by atoms with Crippen LogP contribution in [0.3, 0.4) is 0 Å². The Morgan fingerprint density at radius 3 is 2.72 bits per heavy atom. The van der Waals surface area contributed by atoms with Gasteiger partial charge in [0, 0.05) is 18.8 Å². The molecular formula is C13H16N2O6S4. The molecule has 2 aliphatic rings. The average molecular weight is 425 g/mol. The van der Waals surface area contributed by atoms with Crippen LogP contribution in [0.2, 0.25) is 0 Å². The Hall–Kier alpha value is -1.08. The van der Waals surface area contributed by atoms with Crippen LogP contribution < -0.4 is 0 Å². The van der Waals surface area contributed by atoms with Crippen molar-refractivity contribution in [2.24, 2.45) is 0 Å². The summed E-state index contributed by atoms with van der Waals surface area (Å²) >= 11 is 7.65. The predicted molar refractivity (Wildman–Crippen MR) is 101 cm³/mol. The second-order valence-corrected chi connectivity index (χ2v) is 9.53. The predicted octanol–water partition coefficient (Wildman–Crippen LogP) is 0.983. The molecule has 12 heteroatoms. The van der Waals surface area contributed by atoms with Crippen molar-refractivity contribution in [1.82, 2.24) is 9.80 Å². The number of allylic oxidation sites excluding steroid dienone is 2. The molecule has 2 aliphatic heterocycles. The third kappa shape index (κ3) is 5.99. The maximum absolute atomic E-state index is 12.2. The number of amides is 1. The standard InChI is InChI=1S/C13H16N2O6S4/c16-11(17)8-15-12(18)9(24-13(15)22)2-3-10-14(5-6-23-10)4-1-7-25(19,20)21/h2-3H,1,4-8H2,(H,16,17)(H,19,20,21)/b9-2+,10-3+. The molecule has 138 valence electrons. The van der Waals surface area contributed by atoms with Crippen LogP contribution in [0, 0.1) is 0 Å². The monoisotopic (exact) mass is 424 g/mol. The highest BCUT2D eigenvalue weighted by atomic mass is 32.2. The van der Waals surface area contributed by atoms with E-state index >= 15 is 0 Å². The fraction of sp³-hybridized carbons (Fsp3) is 0.462. The van der Waals surface area contributed by atoms with Crippen molar-refractivity contribution >= 4 is 62.1 Å². The van der Waals surface area contributed by atoms with Gasteiger partial charge in [-0.05, 0) is 18.6 Å². The third-order valence-corrected chi connectivity index (χ3v) is 6.57. The summed E-state index contributed by atoms with van der Waals surface area (Å²) in [5.74, 6) is -1.02. The summed E-state index contributed by atoms with van der Waals surface area (Å²) in [5, 5.41) is 9.70. The summed E-state index contributed by atoms with van der Waals surface area (Å²) in [6.07, 6.45) is 3.65. The molecule has 2 N–H and O–H groups in total. The van der Waals surface area contributed by atoms with Crippen LogP contribution in [0.1, 0.15) is 6.42 Å². The van der Waals surface area contributed by atoms with Gasteiger partial charge < -0.3 is 10.0 Å². The van der Waals surface area contributed by atoms with E-state index < -0.39 is 28.5 Å². The Bertz CT molecular complexity index is 746. The number of carboxylic acid groups (broad SMARTS) is 1. The molecule has 0 unspecified atom stereocenters. The lowest BCUT2D eigenvalue weighted by Gasteiger charge is -2.18. The van der Waals surface area contributed by atoms with Crippen molar-refractivity contribution in [3.8, 4) is 0 Å². The van der Waals surface area contributed by atoms with E-state index in [-0.39, 0.29) is 10.1 Å². The van der Waals surface area contributed by atoms with E-state index in [9.17, 15) is 18.0 Å². The Morgan fingerprint density at radius 2 is 2.08 bits per heavy atom. The molecule has 0 bridgehead atoms. The summed E-state index contributed by atoms with van der Waals surface area (Å²) in [6.45, 7) is 0.761. The van der Waals surface area contributed by atoms with E-state index in [1.165, 1.54) is 0 Å². The maximum Gasteiger partial charge on any atom is 0.323 e. The molecule has 1 amide bonds. The SMILES string of the molecule is O=C(O)CN1C(=O)/C(=C\C=C2\SCCN2CCCS(=O)(=O)O)SC1=S. The van der Waals surface area contributed by atoms with Crippen LogP contribution in [0.15, 0.2) is 22.1 Å². The number of carboxylic acids is 1. The van der Waals surface area contributed by atoms with Crippen molar-refractivity contribution in [2.45, 2.75) is 6.42 Å². The minimum absolute atomic E-state index is 0.209. The molecule has 25 heavy (non-hydrogen) atoms. The lowest BCUT2D eigenvalue weighted by molar-refractivity contribution is -0.140. The largest absolute Gasteiger partial charge is 0.480 e. The van der Waals surface area contributed by atoms with E-state index in [1.54, 1.807) is 23.9 Å². The highest BCUT2D eigenvalue weighted by Crippen LogP contribution is 2.33. The van der Waals surface area contributed by atoms with Gasteiger partial charge in [-0.3, -0.25) is 19.0 Å². The molecule has 8 nitrogen and oxygen atoms in total. The molecule has 0 atom stereocenters. The van der Waals surface area contributed by atoms with Gasteiger partial charge in [-0.2, -0.15) is 8.42 Å². The number of aliphatic carboxylic acids is 1. The molecule has 0 saturated carbocycles. The maximum atomic E-state index is 12.2. The van der Waals surface area contributed by atoms with Gasteiger partial charge in [0.05, 0.1) is 15.7 Å². The Morgan fingerprint density at radius 1 is 1.36 bits per heavy atom. The molecule has 0 aliphatic carbocycles. The highest BCUT2D eigenvalue weighted by Gasteiger charge is 2.33. The fourth-order valence-electron chi connectivity index (χ4n) is 2.21. The molecule has 2 saturated heterocycles. The van der Waals surface area contributed by atoms with Crippen LogP contribution in [0.25, 0.3) is 0 Å². The van der Waals surface area contributed by atoms with Gasteiger partial charge in [0.1, 0.15) is 10.9 Å². The van der Waals surface area contributed by atoms with Crippen molar-refractivity contribution in [3.63, 3.8) is 0 Å². The van der Waals surface area contributed by atoms with E-state index in [2.05, 4.69) is 0 Å². The second kappa shape index (κ2) is 8.54. The number of carbonyl (C=O) groups is 2. The molecule has 0 aromatic carbocycles. The quantitative estimate of drug-likeness (QED) is 0.348. The third-order valence-electron chi connectivity index (χ3n) is 3.30. The van der Waals surface area contributed by atoms with Gasteiger partial charge in [0.15, 0.2) is 0 Å². The molecule has 0 aromatic heterocycles.